The number of rotatable bonds is 0. The van der Waals surface area contributed by atoms with Crippen LogP contribution >= 0.6 is 0 Å². The Morgan fingerprint density at radius 3 is 2.44 bits per heavy atom. The fraction of sp³-hybridized carbons (Fsp3) is 1.00. The molecule has 0 bridgehead atoms. The maximum atomic E-state index is 8.89. The van der Waals surface area contributed by atoms with Gasteiger partial charge in [0.2, 0.25) is 0 Å². The lowest BCUT2D eigenvalue weighted by Crippen LogP contribution is -2.42. The number of piperidine rings is 1. The van der Waals surface area contributed by atoms with Gasteiger partial charge in [-0.05, 0) is 19.3 Å². The topological polar surface area (TPSA) is 49.5 Å². The Morgan fingerprint density at radius 2 is 2.11 bits per heavy atom. The molecule has 1 rings (SSSR count). The Kier molecular flexibility index (Phi) is 3.77. The van der Waals surface area contributed by atoms with Gasteiger partial charge in [-0.25, -0.2) is 0 Å². The van der Waals surface area contributed by atoms with Gasteiger partial charge in [0.15, 0.2) is 0 Å². The maximum absolute atomic E-state index is 8.89. The second kappa shape index (κ2) is 3.82. The Balaban J connectivity index is 0.000000640. The first kappa shape index (κ1) is 8.88. The number of hydroxylamine groups is 2. The third kappa shape index (κ3) is 2.30. The van der Waals surface area contributed by atoms with Crippen LogP contribution in [-0.4, -0.2) is 23.0 Å². The summed E-state index contributed by atoms with van der Waals surface area (Å²) in [6.45, 7) is 0.737. The Bertz CT molecular complexity index is 67.5. The lowest BCUT2D eigenvalue weighted by Gasteiger charge is -2.26. The average Bonchev–Trinajstić information content (AvgIpc) is 1.77. The lowest BCUT2D eigenvalue weighted by molar-refractivity contribution is -0.139. The number of hydrogen-bond acceptors (Lipinski definition) is 3. The molecule has 0 aromatic rings. The SMILES string of the molecule is C.NC1CCCCN1O. The molecule has 9 heavy (non-hydrogen) atoms. The molecule has 0 aromatic heterocycles. The predicted octanol–water partition coefficient (Wildman–Crippen LogP) is 0.782. The summed E-state index contributed by atoms with van der Waals surface area (Å²) in [5, 5.41) is 10.1. The van der Waals surface area contributed by atoms with Crippen LogP contribution < -0.4 is 5.73 Å². The average molecular weight is 132 g/mol. The van der Waals surface area contributed by atoms with Crippen molar-refractivity contribution in [1.82, 2.24) is 5.06 Å². The van der Waals surface area contributed by atoms with Gasteiger partial charge in [0.25, 0.3) is 0 Å². The van der Waals surface area contributed by atoms with Crippen LogP contribution in [0.5, 0.6) is 0 Å². The highest BCUT2D eigenvalue weighted by atomic mass is 16.5. The minimum atomic E-state index is -0.108. The molecular formula is C6H16N2O. The molecule has 1 aliphatic rings. The molecule has 1 fully saturated rings. The van der Waals surface area contributed by atoms with Crippen LogP contribution in [0.25, 0.3) is 0 Å². The van der Waals surface area contributed by atoms with Crippen LogP contribution in [-0.2, 0) is 0 Å². The fourth-order valence-corrected chi connectivity index (χ4v) is 0.942. The van der Waals surface area contributed by atoms with Crippen LogP contribution in [0.2, 0.25) is 0 Å². The highest BCUT2D eigenvalue weighted by molar-refractivity contribution is 4.63. The molecule has 1 aliphatic heterocycles. The minimum Gasteiger partial charge on any atom is -0.314 e. The summed E-state index contributed by atoms with van der Waals surface area (Å²) in [5.74, 6) is 0. The summed E-state index contributed by atoms with van der Waals surface area (Å²) in [6.07, 6.45) is 3.04. The number of nitrogens with two attached hydrogens (primary N) is 1. The first-order valence-corrected chi connectivity index (χ1v) is 3.02. The smallest absolute Gasteiger partial charge is 0.0815 e. The summed E-state index contributed by atoms with van der Waals surface area (Å²) in [7, 11) is 0. The summed E-state index contributed by atoms with van der Waals surface area (Å²) in [4.78, 5) is 0. The molecule has 1 atom stereocenters. The van der Waals surface area contributed by atoms with Gasteiger partial charge in [-0.3, -0.25) is 0 Å². The first-order valence-electron chi connectivity index (χ1n) is 3.02. The van der Waals surface area contributed by atoms with Gasteiger partial charge in [0, 0.05) is 6.54 Å². The Morgan fingerprint density at radius 1 is 1.44 bits per heavy atom. The van der Waals surface area contributed by atoms with Gasteiger partial charge < -0.3 is 10.9 Å². The second-order valence-corrected chi connectivity index (χ2v) is 2.23. The van der Waals surface area contributed by atoms with Crippen molar-refractivity contribution in [1.29, 1.82) is 0 Å². The molecule has 1 saturated heterocycles. The van der Waals surface area contributed by atoms with Gasteiger partial charge in [-0.2, -0.15) is 5.06 Å². The maximum Gasteiger partial charge on any atom is 0.0815 e. The van der Waals surface area contributed by atoms with Gasteiger partial charge >= 0.3 is 0 Å². The lowest BCUT2D eigenvalue weighted by atomic mass is 10.1. The van der Waals surface area contributed by atoms with Crippen molar-refractivity contribution in [3.63, 3.8) is 0 Å². The van der Waals surface area contributed by atoms with Crippen molar-refractivity contribution >= 4 is 0 Å². The molecule has 0 aliphatic carbocycles. The van der Waals surface area contributed by atoms with Crippen molar-refractivity contribution in [3.8, 4) is 0 Å². The molecule has 3 nitrogen and oxygen atoms in total. The number of hydrogen-bond donors (Lipinski definition) is 2. The van der Waals surface area contributed by atoms with E-state index in [-0.39, 0.29) is 13.6 Å². The van der Waals surface area contributed by atoms with Crippen LogP contribution in [0.1, 0.15) is 26.7 Å². The van der Waals surface area contributed by atoms with Crippen molar-refractivity contribution in [2.24, 2.45) is 5.73 Å². The summed E-state index contributed by atoms with van der Waals surface area (Å²) >= 11 is 0. The van der Waals surface area contributed by atoms with Crippen LogP contribution in [0.3, 0.4) is 0 Å². The molecular weight excluding hydrogens is 116 g/mol. The van der Waals surface area contributed by atoms with E-state index in [0.29, 0.717) is 0 Å². The standard InChI is InChI=1S/C5H12N2O.CH4/c6-5-3-1-2-4-7(5)8;/h5,8H,1-4,6H2;1H4. The van der Waals surface area contributed by atoms with Crippen LogP contribution in [0, 0.1) is 0 Å². The van der Waals surface area contributed by atoms with Crippen molar-refractivity contribution in [2.75, 3.05) is 6.54 Å². The van der Waals surface area contributed by atoms with Gasteiger partial charge in [0.05, 0.1) is 6.17 Å². The van der Waals surface area contributed by atoms with E-state index >= 15 is 0 Å². The Hall–Kier alpha value is -0.120. The van der Waals surface area contributed by atoms with Crippen LogP contribution in [0.4, 0.5) is 0 Å². The van der Waals surface area contributed by atoms with E-state index in [1.54, 1.807) is 0 Å². The van der Waals surface area contributed by atoms with Gasteiger partial charge in [-0.1, -0.05) is 7.43 Å². The zero-order valence-corrected chi connectivity index (χ0v) is 4.88. The molecule has 3 N–H and O–H groups in total. The second-order valence-electron chi connectivity index (χ2n) is 2.23. The molecule has 0 saturated carbocycles. The van der Waals surface area contributed by atoms with E-state index in [2.05, 4.69) is 0 Å². The van der Waals surface area contributed by atoms with Crippen molar-refractivity contribution < 1.29 is 5.21 Å². The van der Waals surface area contributed by atoms with E-state index < -0.39 is 0 Å². The first-order chi connectivity index (χ1) is 3.80. The van der Waals surface area contributed by atoms with Crippen molar-refractivity contribution in [3.05, 3.63) is 0 Å². The molecule has 1 heterocycles. The molecule has 0 radical (unpaired) electrons. The highest BCUT2D eigenvalue weighted by Gasteiger charge is 2.14. The van der Waals surface area contributed by atoms with Gasteiger partial charge in [0.1, 0.15) is 0 Å². The predicted molar refractivity (Wildman–Crippen MR) is 37.0 cm³/mol. The highest BCUT2D eigenvalue weighted by Crippen LogP contribution is 2.09. The van der Waals surface area contributed by atoms with E-state index in [1.165, 1.54) is 5.06 Å². The molecule has 0 spiro atoms. The quantitative estimate of drug-likeness (QED) is 0.512. The molecule has 1 unspecified atom stereocenters. The Labute approximate surface area is 56.4 Å². The van der Waals surface area contributed by atoms with E-state index in [9.17, 15) is 0 Å². The van der Waals surface area contributed by atoms with Crippen LogP contribution in [0.15, 0.2) is 0 Å². The van der Waals surface area contributed by atoms with Gasteiger partial charge in [-0.15, -0.1) is 0 Å². The largest absolute Gasteiger partial charge is 0.314 e. The summed E-state index contributed by atoms with van der Waals surface area (Å²) in [6, 6.07) is 0. The number of nitrogens with zero attached hydrogens (tertiary/aromatic N) is 1. The molecule has 0 aromatic carbocycles. The molecule has 56 valence electrons. The van der Waals surface area contributed by atoms with E-state index in [1.807, 2.05) is 0 Å². The minimum absolute atomic E-state index is 0. The fourth-order valence-electron chi connectivity index (χ4n) is 0.942. The summed E-state index contributed by atoms with van der Waals surface area (Å²) in [5.41, 5.74) is 5.45. The normalized spacial score (nSPS) is 29.3. The van der Waals surface area contributed by atoms with Crippen molar-refractivity contribution in [2.45, 2.75) is 32.9 Å². The van der Waals surface area contributed by atoms with E-state index in [0.717, 1.165) is 25.8 Å². The zero-order chi connectivity index (χ0) is 5.98. The summed E-state index contributed by atoms with van der Waals surface area (Å²) < 4.78 is 0. The third-order valence-corrected chi connectivity index (χ3v) is 1.52. The third-order valence-electron chi connectivity index (χ3n) is 1.52. The van der Waals surface area contributed by atoms with E-state index in [4.69, 9.17) is 10.9 Å². The molecule has 0 amide bonds. The molecule has 3 heteroatoms. The zero-order valence-electron chi connectivity index (χ0n) is 4.88. The monoisotopic (exact) mass is 132 g/mol.